The molecule has 0 aromatic heterocycles. The highest BCUT2D eigenvalue weighted by molar-refractivity contribution is 5.67. The van der Waals surface area contributed by atoms with Crippen molar-refractivity contribution in [2.75, 3.05) is 18.0 Å². The van der Waals surface area contributed by atoms with Crippen LogP contribution in [0.15, 0.2) is 18.2 Å². The molecule has 126 valence electrons. The number of anilines is 1. The summed E-state index contributed by atoms with van der Waals surface area (Å²) in [6.07, 6.45) is -4.74. The Morgan fingerprint density at radius 1 is 1.43 bits per heavy atom. The van der Waals surface area contributed by atoms with Crippen LogP contribution in [0.5, 0.6) is 0 Å². The Balaban J connectivity index is 2.31. The number of halogens is 3. The van der Waals surface area contributed by atoms with E-state index in [0.717, 1.165) is 12.1 Å². The molecule has 0 bridgehead atoms. The number of nitrogens with zero attached hydrogens (tertiary/aromatic N) is 2. The summed E-state index contributed by atoms with van der Waals surface area (Å²) in [5, 5.41) is 22.1. The highest BCUT2D eigenvalue weighted by atomic mass is 19.4. The van der Waals surface area contributed by atoms with Crippen LogP contribution in [0.25, 0.3) is 0 Å². The molecule has 2 rings (SSSR count). The minimum atomic E-state index is -4.67. The van der Waals surface area contributed by atoms with Crippen molar-refractivity contribution in [3.8, 4) is 0 Å². The molecule has 0 saturated carbocycles. The number of benzene rings is 1. The highest BCUT2D eigenvalue weighted by Crippen LogP contribution is 2.37. The van der Waals surface area contributed by atoms with Gasteiger partial charge in [-0.3, -0.25) is 10.1 Å². The second-order valence-electron chi connectivity index (χ2n) is 5.19. The maximum absolute atomic E-state index is 12.7. The highest BCUT2D eigenvalue weighted by Gasteiger charge is 2.34. The van der Waals surface area contributed by atoms with Crippen molar-refractivity contribution in [3.05, 3.63) is 33.9 Å². The summed E-state index contributed by atoms with van der Waals surface area (Å²) in [6, 6.07) is 1.92. The van der Waals surface area contributed by atoms with Crippen molar-refractivity contribution in [1.29, 1.82) is 0 Å². The van der Waals surface area contributed by atoms with Crippen LogP contribution in [0.2, 0.25) is 0 Å². The van der Waals surface area contributed by atoms with Crippen molar-refractivity contribution >= 4 is 17.5 Å². The molecule has 10 heteroatoms. The Labute approximate surface area is 128 Å². The standard InChI is InChI=1S/C13H14F3N3O4/c14-13(15,16)8-3-4-10(11(6-8)19(22)23)18-5-1-2-9(7-18)17-12(20)21/h3-4,6,9,17H,1-2,5,7H2,(H,20,21). The van der Waals surface area contributed by atoms with E-state index in [9.17, 15) is 28.1 Å². The predicted molar refractivity (Wildman–Crippen MR) is 74.5 cm³/mol. The fourth-order valence-electron chi connectivity index (χ4n) is 2.60. The first-order valence-corrected chi connectivity index (χ1v) is 6.78. The van der Waals surface area contributed by atoms with E-state index in [4.69, 9.17) is 5.11 Å². The minimum Gasteiger partial charge on any atom is -0.465 e. The monoisotopic (exact) mass is 333 g/mol. The molecule has 0 aliphatic carbocycles. The van der Waals surface area contributed by atoms with Crippen LogP contribution in [-0.2, 0) is 6.18 Å². The van der Waals surface area contributed by atoms with Gasteiger partial charge in [-0.05, 0) is 25.0 Å². The second-order valence-corrected chi connectivity index (χ2v) is 5.19. The molecular weight excluding hydrogens is 319 g/mol. The molecule has 1 amide bonds. The van der Waals surface area contributed by atoms with Gasteiger partial charge in [-0.15, -0.1) is 0 Å². The van der Waals surface area contributed by atoms with Crippen molar-refractivity contribution in [2.24, 2.45) is 0 Å². The van der Waals surface area contributed by atoms with Gasteiger partial charge in [0.2, 0.25) is 0 Å². The fraction of sp³-hybridized carbons (Fsp3) is 0.462. The van der Waals surface area contributed by atoms with E-state index >= 15 is 0 Å². The number of carbonyl (C=O) groups is 1. The van der Waals surface area contributed by atoms with E-state index < -0.39 is 34.5 Å². The zero-order chi connectivity index (χ0) is 17.2. The van der Waals surface area contributed by atoms with Crippen LogP contribution in [0.1, 0.15) is 18.4 Å². The molecule has 1 heterocycles. The normalized spacial score (nSPS) is 18.6. The first kappa shape index (κ1) is 16.8. The zero-order valence-corrected chi connectivity index (χ0v) is 11.8. The lowest BCUT2D eigenvalue weighted by Crippen LogP contribution is -2.47. The Morgan fingerprint density at radius 3 is 2.70 bits per heavy atom. The summed E-state index contributed by atoms with van der Waals surface area (Å²) in [6.45, 7) is 0.572. The number of rotatable bonds is 3. The molecule has 1 aliphatic heterocycles. The number of alkyl halides is 3. The fourth-order valence-corrected chi connectivity index (χ4v) is 2.60. The third kappa shape index (κ3) is 4.02. The average Bonchev–Trinajstić information content (AvgIpc) is 2.45. The van der Waals surface area contributed by atoms with Gasteiger partial charge in [0.15, 0.2) is 0 Å². The second kappa shape index (κ2) is 6.31. The minimum absolute atomic E-state index is 0.0555. The molecule has 2 N–H and O–H groups in total. The number of piperidine rings is 1. The topological polar surface area (TPSA) is 95.7 Å². The van der Waals surface area contributed by atoms with Crippen molar-refractivity contribution in [3.63, 3.8) is 0 Å². The summed E-state index contributed by atoms with van der Waals surface area (Å²) < 4.78 is 38.1. The van der Waals surface area contributed by atoms with E-state index in [0.29, 0.717) is 25.5 Å². The van der Waals surface area contributed by atoms with E-state index in [1.807, 2.05) is 0 Å². The van der Waals surface area contributed by atoms with Crippen LogP contribution in [0.4, 0.5) is 29.3 Å². The summed E-state index contributed by atoms with van der Waals surface area (Å²) >= 11 is 0. The Morgan fingerprint density at radius 2 is 2.13 bits per heavy atom. The molecule has 0 spiro atoms. The summed E-state index contributed by atoms with van der Waals surface area (Å²) in [4.78, 5) is 22.5. The number of hydrogen-bond donors (Lipinski definition) is 2. The van der Waals surface area contributed by atoms with E-state index in [1.165, 1.54) is 4.90 Å². The lowest BCUT2D eigenvalue weighted by molar-refractivity contribution is -0.384. The van der Waals surface area contributed by atoms with E-state index in [2.05, 4.69) is 5.32 Å². The summed E-state index contributed by atoms with van der Waals surface area (Å²) in [5.41, 5.74) is -1.68. The van der Waals surface area contributed by atoms with Crippen molar-refractivity contribution in [2.45, 2.75) is 25.1 Å². The first-order chi connectivity index (χ1) is 10.7. The lowest BCUT2D eigenvalue weighted by Gasteiger charge is -2.34. The largest absolute Gasteiger partial charge is 0.465 e. The van der Waals surface area contributed by atoms with Crippen molar-refractivity contribution in [1.82, 2.24) is 5.32 Å². The van der Waals surface area contributed by atoms with Gasteiger partial charge in [-0.25, -0.2) is 4.79 Å². The molecule has 1 saturated heterocycles. The SMILES string of the molecule is O=C(O)NC1CCCN(c2ccc(C(F)(F)F)cc2[N+](=O)[O-])C1. The molecule has 1 aliphatic rings. The van der Waals surface area contributed by atoms with Gasteiger partial charge >= 0.3 is 12.3 Å². The molecule has 0 radical (unpaired) electrons. The van der Waals surface area contributed by atoms with Gasteiger partial charge in [0.25, 0.3) is 5.69 Å². The number of nitrogens with one attached hydrogen (secondary N) is 1. The molecule has 1 aromatic carbocycles. The third-order valence-electron chi connectivity index (χ3n) is 3.59. The molecule has 23 heavy (non-hydrogen) atoms. The predicted octanol–water partition coefficient (Wildman–Crippen LogP) is 2.85. The average molecular weight is 333 g/mol. The van der Waals surface area contributed by atoms with Crippen LogP contribution in [0.3, 0.4) is 0 Å². The maximum Gasteiger partial charge on any atom is 0.416 e. The summed E-state index contributed by atoms with van der Waals surface area (Å²) in [5.74, 6) is 0. The van der Waals surface area contributed by atoms with E-state index in [-0.39, 0.29) is 12.2 Å². The smallest absolute Gasteiger partial charge is 0.416 e. The Kier molecular flexibility index (Phi) is 4.62. The molecule has 1 fully saturated rings. The van der Waals surface area contributed by atoms with E-state index in [1.54, 1.807) is 0 Å². The first-order valence-electron chi connectivity index (χ1n) is 6.78. The van der Waals surface area contributed by atoms with Crippen LogP contribution >= 0.6 is 0 Å². The van der Waals surface area contributed by atoms with Gasteiger partial charge in [-0.1, -0.05) is 0 Å². The number of carboxylic acid groups (broad SMARTS) is 1. The van der Waals surface area contributed by atoms with Gasteiger partial charge in [-0.2, -0.15) is 13.2 Å². The number of nitro groups is 1. The molecule has 1 atom stereocenters. The Bertz CT molecular complexity index is 621. The Hall–Kier alpha value is -2.52. The van der Waals surface area contributed by atoms with Crippen LogP contribution in [0, 0.1) is 10.1 Å². The quantitative estimate of drug-likeness (QED) is 0.655. The van der Waals surface area contributed by atoms with Crippen molar-refractivity contribution < 1.29 is 28.0 Å². The van der Waals surface area contributed by atoms with Gasteiger partial charge in [0.1, 0.15) is 5.69 Å². The van der Waals surface area contributed by atoms with Gasteiger partial charge < -0.3 is 15.3 Å². The maximum atomic E-state index is 12.7. The van der Waals surface area contributed by atoms with Gasteiger partial charge in [0, 0.05) is 25.2 Å². The number of hydrogen-bond acceptors (Lipinski definition) is 4. The molecular formula is C13H14F3N3O4. The molecule has 1 unspecified atom stereocenters. The molecule has 7 nitrogen and oxygen atoms in total. The molecule has 1 aromatic rings. The summed E-state index contributed by atoms with van der Waals surface area (Å²) in [7, 11) is 0. The third-order valence-corrected chi connectivity index (χ3v) is 3.59. The van der Waals surface area contributed by atoms with Crippen LogP contribution < -0.4 is 10.2 Å². The number of nitro benzene ring substituents is 1. The lowest BCUT2D eigenvalue weighted by atomic mass is 10.0. The number of amides is 1. The zero-order valence-electron chi connectivity index (χ0n) is 11.8. The van der Waals surface area contributed by atoms with Gasteiger partial charge in [0.05, 0.1) is 10.5 Å². The van der Waals surface area contributed by atoms with Crippen LogP contribution in [-0.4, -0.2) is 35.3 Å².